The van der Waals surface area contributed by atoms with Gasteiger partial charge in [0.2, 0.25) is 12.7 Å². The lowest BCUT2D eigenvalue weighted by atomic mass is 9.95. The molecule has 1 amide bonds. The van der Waals surface area contributed by atoms with E-state index in [-0.39, 0.29) is 55.0 Å². The zero-order valence-electron chi connectivity index (χ0n) is 15.4. The summed E-state index contributed by atoms with van der Waals surface area (Å²) in [5, 5.41) is 13.9. The quantitative estimate of drug-likeness (QED) is 0.561. The maximum absolute atomic E-state index is 12.5. The monoisotopic (exact) mass is 420 g/mol. The second-order valence-corrected chi connectivity index (χ2v) is 6.90. The Hall–Kier alpha value is -2.88. The molecule has 2 aliphatic heterocycles. The molecule has 0 saturated carbocycles. The Morgan fingerprint density at radius 3 is 2.59 bits per heavy atom. The fraction of sp³-hybridized carbons (Fsp3) is 0.316. The van der Waals surface area contributed by atoms with E-state index in [9.17, 15) is 14.9 Å². The number of nitrogens with two attached hydrogens (primary N) is 1. The molecule has 0 aliphatic carbocycles. The Labute approximate surface area is 173 Å². The number of anilines is 1. The predicted octanol–water partition coefficient (Wildman–Crippen LogP) is 2.11. The molecule has 0 spiro atoms. The Bertz CT molecular complexity index is 911. The van der Waals surface area contributed by atoms with E-state index in [2.05, 4.69) is 5.32 Å². The number of amides is 1. The van der Waals surface area contributed by atoms with Crippen molar-refractivity contribution in [3.05, 3.63) is 58.1 Å². The number of halogens is 1. The zero-order valence-corrected chi connectivity index (χ0v) is 16.3. The van der Waals surface area contributed by atoms with Gasteiger partial charge in [0.15, 0.2) is 11.5 Å². The van der Waals surface area contributed by atoms with Crippen LogP contribution in [0.1, 0.15) is 11.5 Å². The van der Waals surface area contributed by atoms with Crippen LogP contribution in [-0.4, -0.2) is 48.2 Å². The molecule has 10 heteroatoms. The van der Waals surface area contributed by atoms with Crippen molar-refractivity contribution in [2.45, 2.75) is 12.0 Å². The Morgan fingerprint density at radius 1 is 1.21 bits per heavy atom. The molecular weight excluding hydrogens is 400 g/mol. The first-order valence-corrected chi connectivity index (χ1v) is 8.92. The number of nitro benzene ring substituents is 1. The molecule has 2 heterocycles. The predicted molar refractivity (Wildman–Crippen MR) is 109 cm³/mol. The maximum atomic E-state index is 12.5. The third kappa shape index (κ3) is 4.42. The number of nitrogens with one attached hydrogen (secondary N) is 1. The van der Waals surface area contributed by atoms with Crippen LogP contribution in [0.2, 0.25) is 0 Å². The van der Waals surface area contributed by atoms with Crippen LogP contribution in [0.4, 0.5) is 11.4 Å². The van der Waals surface area contributed by atoms with Gasteiger partial charge in [-0.05, 0) is 5.56 Å². The lowest BCUT2D eigenvalue weighted by molar-refractivity contribution is -0.384. The van der Waals surface area contributed by atoms with Crippen LogP contribution in [0, 0.1) is 10.1 Å². The van der Waals surface area contributed by atoms with Crippen molar-refractivity contribution < 1.29 is 19.2 Å². The Balaban J connectivity index is 0.00000240. The van der Waals surface area contributed by atoms with E-state index in [0.29, 0.717) is 24.6 Å². The highest BCUT2D eigenvalue weighted by molar-refractivity contribution is 5.95. The number of hydrogen-bond acceptors (Lipinski definition) is 7. The van der Waals surface area contributed by atoms with Gasteiger partial charge in [0.25, 0.3) is 5.69 Å². The van der Waals surface area contributed by atoms with Gasteiger partial charge in [-0.15, -0.1) is 12.4 Å². The van der Waals surface area contributed by atoms with Crippen LogP contribution in [0.25, 0.3) is 0 Å². The van der Waals surface area contributed by atoms with E-state index in [0.717, 1.165) is 5.56 Å². The summed E-state index contributed by atoms with van der Waals surface area (Å²) >= 11 is 0. The van der Waals surface area contributed by atoms with E-state index < -0.39 is 4.92 Å². The van der Waals surface area contributed by atoms with Crippen molar-refractivity contribution in [1.82, 2.24) is 4.90 Å². The summed E-state index contributed by atoms with van der Waals surface area (Å²) < 4.78 is 10.4. The van der Waals surface area contributed by atoms with Crippen molar-refractivity contribution in [2.24, 2.45) is 5.73 Å². The maximum Gasteiger partial charge on any atom is 0.296 e. The fourth-order valence-corrected chi connectivity index (χ4v) is 3.67. The van der Waals surface area contributed by atoms with Gasteiger partial charge in [0.1, 0.15) is 5.69 Å². The average Bonchev–Trinajstić information content (AvgIpc) is 3.27. The SMILES string of the molecule is Cl.N[C@@H]1CN(CC(=O)Nc2cc3c(cc2[N+](=O)[O-])OCO3)C[C@H]1c1ccccc1. The lowest BCUT2D eigenvalue weighted by Crippen LogP contribution is -2.33. The lowest BCUT2D eigenvalue weighted by Gasteiger charge is -2.16. The van der Waals surface area contributed by atoms with Crippen molar-refractivity contribution in [1.29, 1.82) is 0 Å². The number of benzene rings is 2. The molecule has 0 radical (unpaired) electrons. The minimum absolute atomic E-state index is 0. The Kier molecular flexibility index (Phi) is 6.21. The molecule has 0 bridgehead atoms. The summed E-state index contributed by atoms with van der Waals surface area (Å²) in [5.41, 5.74) is 7.25. The molecule has 2 aromatic rings. The van der Waals surface area contributed by atoms with Gasteiger partial charge in [0.05, 0.1) is 17.5 Å². The summed E-state index contributed by atoms with van der Waals surface area (Å²) in [6.45, 7) is 1.33. The molecule has 0 unspecified atom stereocenters. The van der Waals surface area contributed by atoms with Gasteiger partial charge in [0, 0.05) is 31.1 Å². The highest BCUT2D eigenvalue weighted by Crippen LogP contribution is 2.40. The molecule has 0 aromatic heterocycles. The normalized spacial score (nSPS) is 20.2. The van der Waals surface area contributed by atoms with E-state index in [1.165, 1.54) is 12.1 Å². The first-order valence-electron chi connectivity index (χ1n) is 8.92. The highest BCUT2D eigenvalue weighted by atomic mass is 35.5. The number of likely N-dealkylation sites (tertiary alicyclic amines) is 1. The fourth-order valence-electron chi connectivity index (χ4n) is 3.67. The van der Waals surface area contributed by atoms with E-state index >= 15 is 0 Å². The number of nitrogens with zero attached hydrogens (tertiary/aromatic N) is 2. The molecule has 2 aliphatic rings. The van der Waals surface area contributed by atoms with Gasteiger partial charge < -0.3 is 20.5 Å². The van der Waals surface area contributed by atoms with Crippen molar-refractivity contribution in [3.8, 4) is 11.5 Å². The van der Waals surface area contributed by atoms with Crippen LogP contribution in [0.5, 0.6) is 11.5 Å². The van der Waals surface area contributed by atoms with Gasteiger partial charge in [-0.1, -0.05) is 30.3 Å². The summed E-state index contributed by atoms with van der Waals surface area (Å²) in [6, 6.07) is 12.6. The minimum Gasteiger partial charge on any atom is -0.454 e. The van der Waals surface area contributed by atoms with Crippen molar-refractivity contribution in [2.75, 3.05) is 31.7 Å². The van der Waals surface area contributed by atoms with Gasteiger partial charge in [-0.2, -0.15) is 0 Å². The van der Waals surface area contributed by atoms with Gasteiger partial charge in [-0.3, -0.25) is 19.8 Å². The zero-order chi connectivity index (χ0) is 19.7. The summed E-state index contributed by atoms with van der Waals surface area (Å²) in [4.78, 5) is 25.2. The van der Waals surface area contributed by atoms with Gasteiger partial charge >= 0.3 is 0 Å². The second kappa shape index (κ2) is 8.64. The summed E-state index contributed by atoms with van der Waals surface area (Å²) in [5.74, 6) is 0.464. The van der Waals surface area contributed by atoms with E-state index in [1.54, 1.807) is 0 Å². The van der Waals surface area contributed by atoms with Gasteiger partial charge in [-0.25, -0.2) is 0 Å². The minimum atomic E-state index is -0.561. The topological polar surface area (TPSA) is 120 Å². The smallest absolute Gasteiger partial charge is 0.296 e. The number of carbonyl (C=O) groups excluding carboxylic acids is 1. The van der Waals surface area contributed by atoms with Crippen molar-refractivity contribution in [3.63, 3.8) is 0 Å². The van der Waals surface area contributed by atoms with Crippen LogP contribution in [0.3, 0.4) is 0 Å². The molecule has 2 aromatic carbocycles. The first-order chi connectivity index (χ1) is 13.5. The molecule has 9 nitrogen and oxygen atoms in total. The van der Waals surface area contributed by atoms with Crippen LogP contribution >= 0.6 is 12.4 Å². The standard InChI is InChI=1S/C19H20N4O5.ClH/c20-14-9-22(8-13(14)12-4-2-1-3-5-12)10-19(24)21-15-6-17-18(28-11-27-17)7-16(15)23(25)26;/h1-7,13-14H,8-11,20H2,(H,21,24);1H/t13-,14+;/m0./s1. The number of nitro groups is 1. The molecule has 2 atom stereocenters. The van der Waals surface area contributed by atoms with Crippen LogP contribution < -0.4 is 20.5 Å². The second-order valence-electron chi connectivity index (χ2n) is 6.90. The molecule has 154 valence electrons. The molecule has 29 heavy (non-hydrogen) atoms. The largest absolute Gasteiger partial charge is 0.454 e. The number of hydrogen-bond donors (Lipinski definition) is 2. The number of ether oxygens (including phenoxy) is 2. The molecular formula is C19H21ClN4O5. The number of fused-ring (bicyclic) bond motifs is 1. The molecule has 3 N–H and O–H groups in total. The summed E-state index contributed by atoms with van der Waals surface area (Å²) in [7, 11) is 0. The van der Waals surface area contributed by atoms with Crippen LogP contribution in [0.15, 0.2) is 42.5 Å². The Morgan fingerprint density at radius 2 is 1.90 bits per heavy atom. The molecule has 1 fully saturated rings. The first kappa shape index (κ1) is 20.8. The van der Waals surface area contributed by atoms with E-state index in [1.807, 2.05) is 35.2 Å². The molecule has 1 saturated heterocycles. The molecule has 4 rings (SSSR count). The summed E-state index contributed by atoms with van der Waals surface area (Å²) in [6.07, 6.45) is 0. The van der Waals surface area contributed by atoms with E-state index in [4.69, 9.17) is 15.2 Å². The van der Waals surface area contributed by atoms with Crippen LogP contribution in [-0.2, 0) is 4.79 Å². The van der Waals surface area contributed by atoms with Crippen molar-refractivity contribution >= 4 is 29.7 Å². The highest BCUT2D eigenvalue weighted by Gasteiger charge is 2.32. The number of rotatable bonds is 5. The third-order valence-corrected chi connectivity index (χ3v) is 5.00. The number of carbonyl (C=O) groups is 1. The third-order valence-electron chi connectivity index (χ3n) is 5.00. The average molecular weight is 421 g/mol.